The van der Waals surface area contributed by atoms with Crippen LogP contribution in [0.5, 0.6) is 0 Å². The zero-order chi connectivity index (χ0) is 5.70. The highest BCUT2D eigenvalue weighted by Gasteiger charge is 1.84. The van der Waals surface area contributed by atoms with Crippen molar-refractivity contribution in [3.05, 3.63) is 12.2 Å². The van der Waals surface area contributed by atoms with Crippen LogP contribution < -0.4 is 0 Å². The van der Waals surface area contributed by atoms with Crippen LogP contribution >= 0.6 is 23.2 Å². The van der Waals surface area contributed by atoms with E-state index >= 15 is 0 Å². The van der Waals surface area contributed by atoms with Crippen molar-refractivity contribution in [1.82, 2.24) is 0 Å². The van der Waals surface area contributed by atoms with Crippen molar-refractivity contribution in [2.45, 2.75) is 10.9 Å². The minimum atomic E-state index is -0.311. The number of halogens is 2. The van der Waals surface area contributed by atoms with Crippen LogP contribution in [0.4, 0.5) is 0 Å². The van der Waals surface area contributed by atoms with Gasteiger partial charge < -0.3 is 0 Å². The summed E-state index contributed by atoms with van der Waals surface area (Å²) in [5.74, 6) is 0. The molecule has 0 atom stereocenters. The maximum absolute atomic E-state index is 5.35. The topological polar surface area (TPSA) is 0 Å². The molecule has 0 aliphatic rings. The molecule has 7 heavy (non-hydrogen) atoms. The maximum atomic E-state index is 5.35. The van der Waals surface area contributed by atoms with Gasteiger partial charge in [-0.3, -0.25) is 0 Å². The molecule has 0 aromatic heterocycles. The Morgan fingerprint density at radius 1 is 1.57 bits per heavy atom. The number of allylic oxidation sites excluding steroid dienone is 2. The van der Waals surface area contributed by atoms with Crippen molar-refractivity contribution in [2.24, 2.45) is 0 Å². The summed E-state index contributed by atoms with van der Waals surface area (Å²) >= 11 is 10.7. The molecule has 0 bridgehead atoms. The average Bonchev–Trinajstić information content (AvgIpc) is 1.61. The first-order chi connectivity index (χ1) is 3.27. The minimum absolute atomic E-state index is 0.311. The molecule has 0 spiro atoms. The van der Waals surface area contributed by atoms with Crippen molar-refractivity contribution in [3.8, 4) is 0 Å². The second-order valence-electron chi connectivity index (χ2n) is 1.17. The van der Waals surface area contributed by atoms with Crippen LogP contribution in [0, 0.1) is 0 Å². The quantitative estimate of drug-likeness (QED) is 0.318. The second kappa shape index (κ2) is 4.69. The van der Waals surface area contributed by atoms with Crippen molar-refractivity contribution < 1.29 is 0 Å². The first-order valence-corrected chi connectivity index (χ1v) is 4.51. The minimum Gasteiger partial charge on any atom is -0.101 e. The molecule has 0 aliphatic carbocycles. The summed E-state index contributed by atoms with van der Waals surface area (Å²) in [6.45, 7) is 0. The lowest BCUT2D eigenvalue weighted by atomic mass is 10.6. The Morgan fingerprint density at radius 3 is 2.29 bits per heavy atom. The molecule has 0 rings (SSSR count). The van der Waals surface area contributed by atoms with Gasteiger partial charge in [-0.15, -0.1) is 23.2 Å². The summed E-state index contributed by atoms with van der Waals surface area (Å²) in [7, 11) is 1.19. The summed E-state index contributed by atoms with van der Waals surface area (Å²) in [4.78, 5) is -0.311. The zero-order valence-corrected chi connectivity index (χ0v) is 7.71. The number of rotatable bonds is 2. The molecule has 0 unspecified atom stereocenters. The molecular weight excluding hydrogens is 147 g/mol. The maximum Gasteiger partial charge on any atom is 0.125 e. The highest BCUT2D eigenvalue weighted by Crippen LogP contribution is 2.02. The lowest BCUT2D eigenvalue weighted by Gasteiger charge is -1.83. The van der Waals surface area contributed by atoms with E-state index in [1.165, 1.54) is 10.2 Å². The molecule has 0 heterocycles. The van der Waals surface area contributed by atoms with Crippen LogP contribution in [0.2, 0.25) is 6.04 Å². The van der Waals surface area contributed by atoms with E-state index < -0.39 is 0 Å². The number of hydrogen-bond donors (Lipinski definition) is 0. The third-order valence-corrected chi connectivity index (χ3v) is 1.28. The Labute approximate surface area is 56.9 Å². The summed E-state index contributed by atoms with van der Waals surface area (Å²) in [6, 6.07) is 1.13. The fourth-order valence-corrected chi connectivity index (χ4v) is 0.717. The fraction of sp³-hybridized carbons (Fsp3) is 0.500. The van der Waals surface area contributed by atoms with Gasteiger partial charge in [-0.05, 0) is 6.04 Å². The van der Waals surface area contributed by atoms with Crippen LogP contribution in [0.25, 0.3) is 0 Å². The molecule has 0 amide bonds. The molecule has 0 aromatic carbocycles. The summed E-state index contributed by atoms with van der Waals surface area (Å²) in [5.41, 5.74) is 0. The Morgan fingerprint density at radius 2 is 2.14 bits per heavy atom. The van der Waals surface area contributed by atoms with Crippen molar-refractivity contribution in [3.63, 3.8) is 0 Å². The van der Waals surface area contributed by atoms with Gasteiger partial charge in [0.05, 0.1) is 0 Å². The van der Waals surface area contributed by atoms with E-state index in [4.69, 9.17) is 23.2 Å². The largest absolute Gasteiger partial charge is 0.125 e. The van der Waals surface area contributed by atoms with Gasteiger partial charge in [0.25, 0.3) is 0 Å². The van der Waals surface area contributed by atoms with Gasteiger partial charge in [0.15, 0.2) is 0 Å². The van der Waals surface area contributed by atoms with Crippen LogP contribution in [0.15, 0.2) is 12.2 Å². The lowest BCUT2D eigenvalue weighted by Crippen LogP contribution is -1.73. The van der Waals surface area contributed by atoms with Crippen LogP contribution in [0.3, 0.4) is 0 Å². The Hall–Kier alpha value is 0.537. The van der Waals surface area contributed by atoms with Gasteiger partial charge in [0.2, 0.25) is 0 Å². The molecule has 0 saturated carbocycles. The molecule has 0 aromatic rings. The predicted octanol–water partition coefficient (Wildman–Crippen LogP) is 1.13. The summed E-state index contributed by atoms with van der Waals surface area (Å²) in [6.07, 6.45) is 3.78. The average molecular weight is 155 g/mol. The van der Waals surface area contributed by atoms with E-state index in [0.717, 1.165) is 6.04 Å². The molecule has 0 saturated heterocycles. The van der Waals surface area contributed by atoms with E-state index in [0.29, 0.717) is 0 Å². The molecule has 0 nitrogen and oxygen atoms in total. The second-order valence-corrected chi connectivity index (χ2v) is 3.15. The SMILES string of the molecule is [SiH3]CC=CC(Cl)Cl. The Bertz CT molecular complexity index is 60.7. The first kappa shape index (κ1) is 7.54. The molecular formula is C4H8Cl2Si. The number of alkyl halides is 2. The highest BCUT2D eigenvalue weighted by atomic mass is 35.5. The fourth-order valence-electron chi connectivity index (χ4n) is 0.239. The van der Waals surface area contributed by atoms with Gasteiger partial charge in [-0.2, -0.15) is 0 Å². The lowest BCUT2D eigenvalue weighted by molar-refractivity contribution is 1.55. The third kappa shape index (κ3) is 6.54. The summed E-state index contributed by atoms with van der Waals surface area (Å²) in [5, 5.41) is 0. The summed E-state index contributed by atoms with van der Waals surface area (Å²) < 4.78 is 0. The molecule has 0 radical (unpaired) electrons. The van der Waals surface area contributed by atoms with Crippen molar-refractivity contribution in [1.29, 1.82) is 0 Å². The molecule has 0 fully saturated rings. The Balaban J connectivity index is 3.08. The van der Waals surface area contributed by atoms with Gasteiger partial charge in [-0.25, -0.2) is 0 Å². The van der Waals surface area contributed by atoms with E-state index in [2.05, 4.69) is 0 Å². The zero-order valence-electron chi connectivity index (χ0n) is 4.20. The van der Waals surface area contributed by atoms with Gasteiger partial charge in [0.1, 0.15) is 4.84 Å². The smallest absolute Gasteiger partial charge is 0.101 e. The van der Waals surface area contributed by atoms with E-state index in [1.54, 1.807) is 6.08 Å². The van der Waals surface area contributed by atoms with E-state index in [9.17, 15) is 0 Å². The van der Waals surface area contributed by atoms with Crippen molar-refractivity contribution in [2.75, 3.05) is 0 Å². The molecule has 0 aliphatic heterocycles. The van der Waals surface area contributed by atoms with Crippen LogP contribution in [0.1, 0.15) is 0 Å². The molecule has 42 valence electrons. The monoisotopic (exact) mass is 154 g/mol. The Kier molecular flexibility index (Phi) is 5.05. The molecule has 0 N–H and O–H groups in total. The van der Waals surface area contributed by atoms with Gasteiger partial charge in [-0.1, -0.05) is 12.2 Å². The van der Waals surface area contributed by atoms with Crippen molar-refractivity contribution >= 4 is 33.4 Å². The van der Waals surface area contributed by atoms with E-state index in [1.807, 2.05) is 6.08 Å². The van der Waals surface area contributed by atoms with Gasteiger partial charge in [0, 0.05) is 10.2 Å². The standard InChI is InChI=1S/C4H8Cl2Si/c5-4(6)2-1-3-7/h1-2,4H,3H2,7H3. The van der Waals surface area contributed by atoms with Crippen LogP contribution in [-0.2, 0) is 0 Å². The van der Waals surface area contributed by atoms with E-state index in [-0.39, 0.29) is 4.84 Å². The van der Waals surface area contributed by atoms with Crippen LogP contribution in [-0.4, -0.2) is 15.1 Å². The molecule has 3 heteroatoms. The first-order valence-electron chi connectivity index (χ1n) is 2.22. The van der Waals surface area contributed by atoms with Gasteiger partial charge >= 0.3 is 0 Å². The third-order valence-electron chi connectivity index (χ3n) is 0.517. The highest BCUT2D eigenvalue weighted by molar-refractivity contribution is 6.45. The normalized spacial score (nSPS) is 11.9. The predicted molar refractivity (Wildman–Crippen MR) is 39.4 cm³/mol. The number of hydrogen-bond acceptors (Lipinski definition) is 0.